The fraction of sp³-hybridized carbons (Fsp3) is 0.364. The molecule has 0 radical (unpaired) electrons. The van der Waals surface area contributed by atoms with Crippen LogP contribution >= 0.6 is 11.6 Å². The predicted octanol–water partition coefficient (Wildman–Crippen LogP) is 2.55. The number of para-hydroxylation sites is 1. The summed E-state index contributed by atoms with van der Waals surface area (Å²) in [6.07, 6.45) is -2.69. The fourth-order valence-corrected chi connectivity index (χ4v) is 3.90. The van der Waals surface area contributed by atoms with Gasteiger partial charge >= 0.3 is 17.9 Å². The Hall–Kier alpha value is -3.77. The van der Waals surface area contributed by atoms with Gasteiger partial charge in [-0.05, 0) is 12.1 Å². The maximum Gasteiger partial charge on any atom is 0.303 e. The third-order valence-corrected chi connectivity index (χ3v) is 5.29. The van der Waals surface area contributed by atoms with Crippen LogP contribution in [0.1, 0.15) is 27.0 Å². The monoisotopic (exact) mass is 503 g/mol. The first-order valence-electron chi connectivity index (χ1n) is 10.6. The first kappa shape index (κ1) is 24.4. The van der Waals surface area contributed by atoms with E-state index in [0.29, 0.717) is 0 Å². The normalized spacial score (nSPS) is 21.5. The molecule has 13 heteroatoms. The number of carbonyl (C=O) groups is 3. The Labute approximate surface area is 204 Å². The summed E-state index contributed by atoms with van der Waals surface area (Å²) in [6.45, 7) is 3.43. The molecule has 1 fully saturated rings. The van der Waals surface area contributed by atoms with Crippen LogP contribution in [0.15, 0.2) is 36.7 Å². The zero-order chi connectivity index (χ0) is 25.1. The number of ether oxygens (including phenoxy) is 4. The molecule has 1 N–H and O–H groups in total. The van der Waals surface area contributed by atoms with Gasteiger partial charge in [-0.3, -0.25) is 19.0 Å². The molecule has 4 atom stereocenters. The Bertz CT molecular complexity index is 1250. The van der Waals surface area contributed by atoms with Crippen molar-refractivity contribution in [3.05, 3.63) is 41.8 Å². The largest absolute Gasteiger partial charge is 0.463 e. The van der Waals surface area contributed by atoms with Crippen molar-refractivity contribution in [2.24, 2.45) is 0 Å². The van der Waals surface area contributed by atoms with Gasteiger partial charge in [0.05, 0.1) is 6.33 Å². The minimum atomic E-state index is -1.09. The lowest BCUT2D eigenvalue weighted by Gasteiger charge is -2.23. The molecule has 0 bridgehead atoms. The van der Waals surface area contributed by atoms with Crippen molar-refractivity contribution in [3.63, 3.8) is 0 Å². The number of halogens is 1. The Morgan fingerprint density at radius 1 is 1.03 bits per heavy atom. The lowest BCUT2D eigenvalue weighted by atomic mass is 10.1. The van der Waals surface area contributed by atoms with Crippen LogP contribution in [0, 0.1) is 0 Å². The van der Waals surface area contributed by atoms with Gasteiger partial charge in [0.15, 0.2) is 29.2 Å². The molecule has 4 unspecified atom stereocenters. The summed E-state index contributed by atoms with van der Waals surface area (Å²) in [5.74, 6) is -1.60. The Morgan fingerprint density at radius 3 is 2.37 bits per heavy atom. The van der Waals surface area contributed by atoms with Crippen LogP contribution in [0.2, 0.25) is 5.15 Å². The highest BCUT2D eigenvalue weighted by atomic mass is 35.5. The molecule has 1 aliphatic heterocycles. The maximum atomic E-state index is 11.9. The third-order valence-electron chi connectivity index (χ3n) is 5.02. The number of fused-ring (bicyclic) bond motifs is 1. The van der Waals surface area contributed by atoms with Crippen molar-refractivity contribution in [2.45, 2.75) is 45.3 Å². The predicted molar refractivity (Wildman–Crippen MR) is 122 cm³/mol. The minimum Gasteiger partial charge on any atom is -0.463 e. The topological polar surface area (TPSA) is 144 Å². The zero-order valence-corrected chi connectivity index (χ0v) is 19.8. The number of aromatic nitrogens is 4. The SMILES string of the molecule is CC(=O)OCC1OC(n2cnc3c(Cl)nc(Nc4ccccc4)nc32)C(OC(C)=O)C1OC(C)=O. The molecule has 0 saturated carbocycles. The van der Waals surface area contributed by atoms with E-state index >= 15 is 0 Å². The van der Waals surface area contributed by atoms with E-state index in [-0.39, 0.29) is 28.9 Å². The van der Waals surface area contributed by atoms with E-state index in [4.69, 9.17) is 30.5 Å². The average molecular weight is 504 g/mol. The first-order valence-corrected chi connectivity index (χ1v) is 11.0. The number of hydrogen-bond donors (Lipinski definition) is 1. The standard InChI is InChI=1S/C22H22ClN5O7/c1-11(29)32-9-15-17(33-12(2)30)18(34-13(3)31)21(35-15)28-10-24-16-19(23)26-22(27-20(16)28)25-14-7-5-4-6-8-14/h4-8,10,15,17-18,21H,9H2,1-3H3,(H,25,26,27). The maximum absolute atomic E-state index is 11.9. The molecule has 0 aliphatic carbocycles. The molecule has 3 aromatic rings. The van der Waals surface area contributed by atoms with Crippen molar-refractivity contribution >= 4 is 52.3 Å². The molecule has 4 rings (SSSR count). The number of esters is 3. The molecule has 12 nitrogen and oxygen atoms in total. The van der Waals surface area contributed by atoms with Crippen LogP contribution in [-0.2, 0) is 33.3 Å². The summed E-state index contributed by atoms with van der Waals surface area (Å²) in [7, 11) is 0. The second-order valence-electron chi connectivity index (χ2n) is 7.67. The lowest BCUT2D eigenvalue weighted by Crippen LogP contribution is -2.40. The Morgan fingerprint density at radius 2 is 1.71 bits per heavy atom. The molecular weight excluding hydrogens is 482 g/mol. The molecule has 184 valence electrons. The number of nitrogens with one attached hydrogen (secondary N) is 1. The van der Waals surface area contributed by atoms with Crippen molar-refractivity contribution in [3.8, 4) is 0 Å². The highest BCUT2D eigenvalue weighted by molar-refractivity contribution is 6.33. The summed E-state index contributed by atoms with van der Waals surface area (Å²) in [4.78, 5) is 48.1. The molecule has 1 aliphatic rings. The second kappa shape index (κ2) is 10.2. The molecule has 3 heterocycles. The second-order valence-corrected chi connectivity index (χ2v) is 8.03. The summed E-state index contributed by atoms with van der Waals surface area (Å²) < 4.78 is 23.5. The van der Waals surface area contributed by atoms with E-state index in [1.54, 1.807) is 0 Å². The third kappa shape index (κ3) is 5.49. The van der Waals surface area contributed by atoms with Crippen LogP contribution in [0.25, 0.3) is 11.2 Å². The van der Waals surface area contributed by atoms with E-state index < -0.39 is 42.4 Å². The minimum absolute atomic E-state index is 0.0854. The lowest BCUT2D eigenvalue weighted by molar-refractivity contribution is -0.166. The van der Waals surface area contributed by atoms with E-state index in [0.717, 1.165) is 5.69 Å². The van der Waals surface area contributed by atoms with Gasteiger partial charge in [-0.1, -0.05) is 29.8 Å². The summed E-state index contributed by atoms with van der Waals surface area (Å²) >= 11 is 6.36. The summed E-state index contributed by atoms with van der Waals surface area (Å²) in [5.41, 5.74) is 1.29. The average Bonchev–Trinajstić information content (AvgIpc) is 3.34. The highest BCUT2D eigenvalue weighted by Gasteiger charge is 2.51. The van der Waals surface area contributed by atoms with Crippen molar-refractivity contribution < 1.29 is 33.3 Å². The quantitative estimate of drug-likeness (QED) is 0.288. The van der Waals surface area contributed by atoms with Crippen molar-refractivity contribution in [2.75, 3.05) is 11.9 Å². The Balaban J connectivity index is 1.74. The summed E-state index contributed by atoms with van der Waals surface area (Å²) in [5, 5.41) is 3.15. The molecule has 0 amide bonds. The number of hydrogen-bond acceptors (Lipinski definition) is 11. The molecule has 1 saturated heterocycles. The number of rotatable bonds is 7. The van der Waals surface area contributed by atoms with E-state index in [9.17, 15) is 14.4 Å². The molecular formula is C22H22ClN5O7. The molecule has 2 aromatic heterocycles. The molecule has 1 aromatic carbocycles. The van der Waals surface area contributed by atoms with E-state index in [1.807, 2.05) is 30.3 Å². The summed E-state index contributed by atoms with van der Waals surface area (Å²) in [6, 6.07) is 9.23. The van der Waals surface area contributed by atoms with Gasteiger partial charge in [0, 0.05) is 26.5 Å². The zero-order valence-electron chi connectivity index (χ0n) is 19.0. The van der Waals surface area contributed by atoms with Crippen molar-refractivity contribution in [1.82, 2.24) is 19.5 Å². The number of benzene rings is 1. The number of imidazole rings is 1. The van der Waals surface area contributed by atoms with Crippen LogP contribution in [0.4, 0.5) is 11.6 Å². The molecule has 0 spiro atoms. The van der Waals surface area contributed by atoms with Crippen LogP contribution < -0.4 is 5.32 Å². The molecule has 35 heavy (non-hydrogen) atoms. The van der Waals surface area contributed by atoms with Crippen LogP contribution in [0.5, 0.6) is 0 Å². The van der Waals surface area contributed by atoms with Gasteiger partial charge in [0.25, 0.3) is 0 Å². The van der Waals surface area contributed by atoms with Crippen LogP contribution in [0.3, 0.4) is 0 Å². The first-order chi connectivity index (χ1) is 16.7. The van der Waals surface area contributed by atoms with Gasteiger partial charge in [0.2, 0.25) is 5.95 Å². The number of anilines is 2. The van der Waals surface area contributed by atoms with Gasteiger partial charge in [0.1, 0.15) is 18.2 Å². The highest BCUT2D eigenvalue weighted by Crippen LogP contribution is 2.36. The van der Waals surface area contributed by atoms with Gasteiger partial charge in [-0.15, -0.1) is 0 Å². The number of nitrogens with zero attached hydrogens (tertiary/aromatic N) is 4. The number of carbonyl (C=O) groups excluding carboxylic acids is 3. The smallest absolute Gasteiger partial charge is 0.303 e. The van der Waals surface area contributed by atoms with Gasteiger partial charge in [-0.2, -0.15) is 9.97 Å². The van der Waals surface area contributed by atoms with Crippen molar-refractivity contribution in [1.29, 1.82) is 0 Å². The van der Waals surface area contributed by atoms with Gasteiger partial charge in [-0.25, -0.2) is 4.98 Å². The van der Waals surface area contributed by atoms with E-state index in [1.165, 1.54) is 31.7 Å². The fourth-order valence-electron chi connectivity index (χ4n) is 3.69. The van der Waals surface area contributed by atoms with Crippen LogP contribution in [-0.4, -0.2) is 62.3 Å². The Kier molecular flexibility index (Phi) is 7.12. The van der Waals surface area contributed by atoms with E-state index in [2.05, 4.69) is 20.3 Å². The van der Waals surface area contributed by atoms with Gasteiger partial charge < -0.3 is 24.3 Å².